The minimum Gasteiger partial charge on any atom is -0.394 e. The van der Waals surface area contributed by atoms with Crippen molar-refractivity contribution in [2.75, 3.05) is 6.61 Å². The minimum atomic E-state index is -1.28. The topological polar surface area (TPSA) is 73.2 Å². The highest BCUT2D eigenvalue weighted by molar-refractivity contribution is 5.18. The van der Waals surface area contributed by atoms with Crippen LogP contribution in [0.2, 0.25) is 0 Å². The van der Waals surface area contributed by atoms with Crippen LogP contribution in [-0.2, 0) is 17.8 Å². The molecule has 3 rings (SSSR count). The fourth-order valence-electron chi connectivity index (χ4n) is 3.23. The van der Waals surface area contributed by atoms with Crippen LogP contribution in [0.4, 0.5) is 0 Å². The fraction of sp³-hybridized carbons (Fsp3) is 0.368. The van der Waals surface area contributed by atoms with Crippen LogP contribution in [0.1, 0.15) is 11.1 Å². The Kier molecular flexibility index (Phi) is 5.60. The molecule has 0 aromatic heterocycles. The summed E-state index contributed by atoms with van der Waals surface area (Å²) in [4.78, 5) is 2.05. The van der Waals surface area contributed by atoms with Crippen molar-refractivity contribution in [3.63, 3.8) is 0 Å². The summed E-state index contributed by atoms with van der Waals surface area (Å²) in [6, 6.07) is 19.4. The van der Waals surface area contributed by atoms with Gasteiger partial charge in [-0.25, -0.2) is 0 Å². The standard InChI is InChI=1S/C19H23NO4/c21-13-16-17(18(22)19(23)24-16)20(11-14-7-3-1-4-8-14)12-15-9-5-2-6-10-15/h1-10,16-19,21-23H,11-13H2/t16-,17?,18?,19+/m1/s1. The first-order valence-electron chi connectivity index (χ1n) is 8.13. The Morgan fingerprint density at radius 2 is 1.33 bits per heavy atom. The molecule has 4 atom stereocenters. The van der Waals surface area contributed by atoms with Crippen LogP contribution in [0.15, 0.2) is 60.7 Å². The molecule has 2 aromatic rings. The van der Waals surface area contributed by atoms with Crippen LogP contribution in [0.25, 0.3) is 0 Å². The molecule has 24 heavy (non-hydrogen) atoms. The molecule has 1 aliphatic rings. The van der Waals surface area contributed by atoms with E-state index in [-0.39, 0.29) is 6.61 Å². The number of benzene rings is 2. The van der Waals surface area contributed by atoms with Crippen LogP contribution < -0.4 is 0 Å². The Morgan fingerprint density at radius 1 is 0.833 bits per heavy atom. The summed E-state index contributed by atoms with van der Waals surface area (Å²) < 4.78 is 5.31. The molecule has 128 valence electrons. The van der Waals surface area contributed by atoms with Crippen molar-refractivity contribution < 1.29 is 20.1 Å². The molecule has 1 saturated heterocycles. The van der Waals surface area contributed by atoms with Crippen molar-refractivity contribution >= 4 is 0 Å². The van der Waals surface area contributed by atoms with E-state index in [0.717, 1.165) is 11.1 Å². The fourth-order valence-corrected chi connectivity index (χ4v) is 3.23. The molecule has 2 unspecified atom stereocenters. The van der Waals surface area contributed by atoms with Crippen molar-refractivity contribution in [1.82, 2.24) is 4.90 Å². The predicted octanol–water partition coefficient (Wildman–Crippen LogP) is 1.13. The summed E-state index contributed by atoms with van der Waals surface area (Å²) in [5.41, 5.74) is 2.19. The molecule has 0 radical (unpaired) electrons. The van der Waals surface area contributed by atoms with Gasteiger partial charge in [0.15, 0.2) is 6.29 Å². The molecule has 5 heteroatoms. The van der Waals surface area contributed by atoms with Gasteiger partial charge in [0.1, 0.15) is 12.2 Å². The van der Waals surface area contributed by atoms with Crippen LogP contribution in [-0.4, -0.2) is 51.4 Å². The summed E-state index contributed by atoms with van der Waals surface area (Å²) in [6.07, 6.45) is -2.96. The van der Waals surface area contributed by atoms with Crippen LogP contribution in [0, 0.1) is 0 Å². The lowest BCUT2D eigenvalue weighted by atomic mass is 10.0. The molecular weight excluding hydrogens is 306 g/mol. The SMILES string of the molecule is OC[C@H]1O[C@H](O)C(O)C1N(Cc1ccccc1)Cc1ccccc1. The van der Waals surface area contributed by atoms with Gasteiger partial charge in [-0.3, -0.25) is 4.90 Å². The van der Waals surface area contributed by atoms with Crippen molar-refractivity contribution in [3.8, 4) is 0 Å². The summed E-state index contributed by atoms with van der Waals surface area (Å²) in [5, 5.41) is 29.8. The van der Waals surface area contributed by atoms with E-state index in [4.69, 9.17) is 4.74 Å². The molecule has 0 spiro atoms. The summed E-state index contributed by atoms with van der Waals surface area (Å²) in [6.45, 7) is 0.924. The quantitative estimate of drug-likeness (QED) is 0.741. The molecule has 0 aliphatic carbocycles. The first-order valence-corrected chi connectivity index (χ1v) is 8.13. The Balaban J connectivity index is 1.86. The largest absolute Gasteiger partial charge is 0.394 e. The zero-order valence-corrected chi connectivity index (χ0v) is 13.4. The number of ether oxygens (including phenoxy) is 1. The summed E-state index contributed by atoms with van der Waals surface area (Å²) >= 11 is 0. The smallest absolute Gasteiger partial charge is 0.182 e. The third-order valence-corrected chi connectivity index (χ3v) is 4.40. The van der Waals surface area contributed by atoms with Gasteiger partial charge in [-0.05, 0) is 11.1 Å². The average Bonchev–Trinajstić information content (AvgIpc) is 2.90. The molecular formula is C19H23NO4. The Bertz CT molecular complexity index is 580. The Hall–Kier alpha value is -1.76. The first kappa shape index (κ1) is 17.1. The summed E-state index contributed by atoms with van der Waals surface area (Å²) in [7, 11) is 0. The van der Waals surface area contributed by atoms with E-state index in [2.05, 4.69) is 0 Å². The molecule has 0 amide bonds. The Morgan fingerprint density at radius 3 is 1.79 bits per heavy atom. The molecule has 2 aromatic carbocycles. The van der Waals surface area contributed by atoms with Crippen LogP contribution >= 0.6 is 0 Å². The third kappa shape index (κ3) is 3.83. The molecule has 0 bridgehead atoms. The second-order valence-corrected chi connectivity index (χ2v) is 6.11. The van der Waals surface area contributed by atoms with E-state index in [1.807, 2.05) is 65.6 Å². The summed E-state index contributed by atoms with van der Waals surface area (Å²) in [5.74, 6) is 0. The van der Waals surface area contributed by atoms with Gasteiger partial charge in [0, 0.05) is 13.1 Å². The molecule has 1 fully saturated rings. The molecule has 1 heterocycles. The zero-order chi connectivity index (χ0) is 16.9. The van der Waals surface area contributed by atoms with E-state index in [1.54, 1.807) is 0 Å². The normalized spacial score (nSPS) is 26.8. The van der Waals surface area contributed by atoms with Crippen molar-refractivity contribution in [2.24, 2.45) is 0 Å². The van der Waals surface area contributed by atoms with Gasteiger partial charge in [-0.1, -0.05) is 60.7 Å². The highest BCUT2D eigenvalue weighted by Crippen LogP contribution is 2.27. The highest BCUT2D eigenvalue weighted by atomic mass is 16.6. The Labute approximate surface area is 141 Å². The monoisotopic (exact) mass is 329 g/mol. The van der Waals surface area contributed by atoms with Crippen molar-refractivity contribution in [2.45, 2.75) is 37.6 Å². The van der Waals surface area contributed by atoms with Gasteiger partial charge in [-0.2, -0.15) is 0 Å². The van der Waals surface area contributed by atoms with Crippen molar-refractivity contribution in [1.29, 1.82) is 0 Å². The zero-order valence-electron chi connectivity index (χ0n) is 13.4. The maximum atomic E-state index is 10.4. The van der Waals surface area contributed by atoms with Gasteiger partial charge in [0.05, 0.1) is 12.6 Å². The maximum absolute atomic E-state index is 10.4. The number of nitrogens with zero attached hydrogens (tertiary/aromatic N) is 1. The lowest BCUT2D eigenvalue weighted by Crippen LogP contribution is -2.48. The van der Waals surface area contributed by atoms with Crippen LogP contribution in [0.5, 0.6) is 0 Å². The number of aliphatic hydroxyl groups is 3. The number of hydrogen-bond donors (Lipinski definition) is 3. The van der Waals surface area contributed by atoms with E-state index in [9.17, 15) is 15.3 Å². The average molecular weight is 329 g/mol. The lowest BCUT2D eigenvalue weighted by molar-refractivity contribution is -0.132. The van der Waals surface area contributed by atoms with Gasteiger partial charge < -0.3 is 20.1 Å². The minimum absolute atomic E-state index is 0.251. The van der Waals surface area contributed by atoms with E-state index in [1.165, 1.54) is 0 Å². The van der Waals surface area contributed by atoms with E-state index >= 15 is 0 Å². The third-order valence-electron chi connectivity index (χ3n) is 4.40. The lowest BCUT2D eigenvalue weighted by Gasteiger charge is -2.33. The van der Waals surface area contributed by atoms with Crippen LogP contribution in [0.3, 0.4) is 0 Å². The first-order chi connectivity index (χ1) is 11.7. The second-order valence-electron chi connectivity index (χ2n) is 6.11. The van der Waals surface area contributed by atoms with E-state index < -0.39 is 24.5 Å². The molecule has 0 saturated carbocycles. The van der Waals surface area contributed by atoms with E-state index in [0.29, 0.717) is 13.1 Å². The number of rotatable bonds is 6. The van der Waals surface area contributed by atoms with Gasteiger partial charge in [0.2, 0.25) is 0 Å². The molecule has 3 N–H and O–H groups in total. The van der Waals surface area contributed by atoms with Crippen molar-refractivity contribution in [3.05, 3.63) is 71.8 Å². The molecule has 5 nitrogen and oxygen atoms in total. The number of hydrogen-bond acceptors (Lipinski definition) is 5. The molecule has 1 aliphatic heterocycles. The highest BCUT2D eigenvalue weighted by Gasteiger charge is 2.45. The van der Waals surface area contributed by atoms with Gasteiger partial charge in [-0.15, -0.1) is 0 Å². The predicted molar refractivity (Wildman–Crippen MR) is 89.9 cm³/mol. The maximum Gasteiger partial charge on any atom is 0.182 e. The second kappa shape index (κ2) is 7.88. The van der Waals surface area contributed by atoms with Gasteiger partial charge in [0.25, 0.3) is 0 Å². The van der Waals surface area contributed by atoms with Gasteiger partial charge >= 0.3 is 0 Å². The number of aliphatic hydroxyl groups excluding tert-OH is 3.